The Morgan fingerprint density at radius 1 is 1.30 bits per heavy atom. The third kappa shape index (κ3) is 2.52. The number of esters is 1. The quantitative estimate of drug-likeness (QED) is 0.750. The fourth-order valence-electron chi connectivity index (χ4n) is 2.62. The molecular weight excluding hydrogens is 292 g/mol. The predicted octanol–water partition coefficient (Wildman–Crippen LogP) is 2.95. The average molecular weight is 310 g/mol. The van der Waals surface area contributed by atoms with Crippen molar-refractivity contribution < 1.29 is 9.53 Å². The minimum atomic E-state index is -0.391. The maximum Gasteiger partial charge on any atom is 0.341 e. The van der Waals surface area contributed by atoms with E-state index >= 15 is 0 Å². The smallest absolute Gasteiger partial charge is 0.341 e. The SMILES string of the molecule is CCOC(=O)c1cnc2c(c(C)nn2-c2ccccc2)c1NC. The number of aryl methyl sites for hydroxylation is 1. The van der Waals surface area contributed by atoms with Crippen molar-refractivity contribution in [1.29, 1.82) is 0 Å². The van der Waals surface area contributed by atoms with E-state index in [4.69, 9.17) is 4.74 Å². The van der Waals surface area contributed by atoms with Crippen molar-refractivity contribution in [3.8, 4) is 5.69 Å². The van der Waals surface area contributed by atoms with Crippen LogP contribution in [-0.4, -0.2) is 34.4 Å². The molecule has 0 aliphatic carbocycles. The number of anilines is 1. The van der Waals surface area contributed by atoms with Crippen LogP contribution in [-0.2, 0) is 4.74 Å². The van der Waals surface area contributed by atoms with Gasteiger partial charge >= 0.3 is 5.97 Å². The number of pyridine rings is 1. The van der Waals surface area contributed by atoms with Gasteiger partial charge in [0, 0.05) is 13.2 Å². The largest absolute Gasteiger partial charge is 0.462 e. The van der Waals surface area contributed by atoms with E-state index in [1.165, 1.54) is 6.20 Å². The van der Waals surface area contributed by atoms with E-state index in [2.05, 4.69) is 15.4 Å². The highest BCUT2D eigenvalue weighted by Gasteiger charge is 2.20. The van der Waals surface area contributed by atoms with Gasteiger partial charge in [-0.1, -0.05) is 18.2 Å². The molecule has 0 bridgehead atoms. The lowest BCUT2D eigenvalue weighted by molar-refractivity contribution is 0.0527. The lowest BCUT2D eigenvalue weighted by Crippen LogP contribution is -2.09. The topological polar surface area (TPSA) is 69.0 Å². The zero-order chi connectivity index (χ0) is 16.4. The molecule has 0 saturated heterocycles. The number of rotatable bonds is 4. The number of para-hydroxylation sites is 1. The molecule has 1 aromatic carbocycles. The van der Waals surface area contributed by atoms with E-state index in [1.54, 1.807) is 18.7 Å². The second-order valence-electron chi connectivity index (χ2n) is 5.05. The molecule has 23 heavy (non-hydrogen) atoms. The molecule has 0 saturated carbocycles. The first-order valence-corrected chi connectivity index (χ1v) is 7.46. The van der Waals surface area contributed by atoms with Gasteiger partial charge in [0.1, 0.15) is 5.56 Å². The second kappa shape index (κ2) is 6.08. The maximum absolute atomic E-state index is 12.1. The Kier molecular flexibility index (Phi) is 3.97. The zero-order valence-electron chi connectivity index (χ0n) is 13.3. The van der Waals surface area contributed by atoms with Gasteiger partial charge in [0.05, 0.1) is 29.1 Å². The van der Waals surface area contributed by atoms with E-state index in [0.29, 0.717) is 23.5 Å². The van der Waals surface area contributed by atoms with Gasteiger partial charge in [-0.05, 0) is 26.0 Å². The van der Waals surface area contributed by atoms with Crippen molar-refractivity contribution in [2.24, 2.45) is 0 Å². The molecule has 1 N–H and O–H groups in total. The first kappa shape index (κ1) is 15.0. The highest BCUT2D eigenvalue weighted by Crippen LogP contribution is 2.30. The number of nitrogens with one attached hydrogen (secondary N) is 1. The molecular formula is C17H18N4O2. The fourth-order valence-corrected chi connectivity index (χ4v) is 2.62. The molecule has 3 aromatic rings. The Morgan fingerprint density at radius 3 is 2.70 bits per heavy atom. The van der Waals surface area contributed by atoms with Crippen LogP contribution in [0.1, 0.15) is 23.0 Å². The molecule has 2 heterocycles. The van der Waals surface area contributed by atoms with Gasteiger partial charge < -0.3 is 10.1 Å². The summed E-state index contributed by atoms with van der Waals surface area (Å²) < 4.78 is 6.88. The number of fused-ring (bicyclic) bond motifs is 1. The molecule has 0 amide bonds. The summed E-state index contributed by atoms with van der Waals surface area (Å²) in [4.78, 5) is 16.6. The predicted molar refractivity (Wildman–Crippen MR) is 89.1 cm³/mol. The summed E-state index contributed by atoms with van der Waals surface area (Å²) in [6.07, 6.45) is 1.53. The summed E-state index contributed by atoms with van der Waals surface area (Å²) in [5.74, 6) is -0.391. The molecule has 0 fully saturated rings. The first-order valence-electron chi connectivity index (χ1n) is 7.46. The van der Waals surface area contributed by atoms with Crippen LogP contribution in [0.3, 0.4) is 0 Å². The number of carbonyl (C=O) groups is 1. The third-order valence-electron chi connectivity index (χ3n) is 3.62. The highest BCUT2D eigenvalue weighted by molar-refractivity contribution is 6.05. The molecule has 2 aromatic heterocycles. The normalized spacial score (nSPS) is 10.7. The van der Waals surface area contributed by atoms with Gasteiger partial charge in [-0.2, -0.15) is 5.10 Å². The number of nitrogens with zero attached hydrogens (tertiary/aromatic N) is 3. The van der Waals surface area contributed by atoms with Crippen LogP contribution >= 0.6 is 0 Å². The van der Waals surface area contributed by atoms with Crippen molar-refractivity contribution in [2.45, 2.75) is 13.8 Å². The van der Waals surface area contributed by atoms with Crippen LogP contribution in [0.2, 0.25) is 0 Å². The Bertz CT molecular complexity index is 856. The van der Waals surface area contributed by atoms with E-state index in [9.17, 15) is 4.79 Å². The lowest BCUT2D eigenvalue weighted by Gasteiger charge is -2.10. The van der Waals surface area contributed by atoms with E-state index in [-0.39, 0.29) is 0 Å². The third-order valence-corrected chi connectivity index (χ3v) is 3.62. The summed E-state index contributed by atoms with van der Waals surface area (Å²) in [6.45, 7) is 4.00. The Morgan fingerprint density at radius 2 is 2.04 bits per heavy atom. The van der Waals surface area contributed by atoms with Crippen molar-refractivity contribution in [1.82, 2.24) is 14.8 Å². The molecule has 0 aliphatic heterocycles. The number of hydrogen-bond acceptors (Lipinski definition) is 5. The van der Waals surface area contributed by atoms with Gasteiger partial charge in [-0.3, -0.25) is 0 Å². The molecule has 0 unspecified atom stereocenters. The second-order valence-corrected chi connectivity index (χ2v) is 5.05. The van der Waals surface area contributed by atoms with Crippen LogP contribution in [0, 0.1) is 6.92 Å². The summed E-state index contributed by atoms with van der Waals surface area (Å²) in [7, 11) is 1.77. The molecule has 6 heteroatoms. The van der Waals surface area contributed by atoms with Crippen molar-refractivity contribution in [3.63, 3.8) is 0 Å². The number of ether oxygens (including phenoxy) is 1. The van der Waals surface area contributed by atoms with Gasteiger partial charge in [0.2, 0.25) is 0 Å². The van der Waals surface area contributed by atoms with Crippen LogP contribution < -0.4 is 5.32 Å². The molecule has 0 aliphatic rings. The number of hydrogen-bond donors (Lipinski definition) is 1. The van der Waals surface area contributed by atoms with E-state index in [1.807, 2.05) is 37.3 Å². The van der Waals surface area contributed by atoms with E-state index < -0.39 is 5.97 Å². The number of carbonyl (C=O) groups excluding carboxylic acids is 1. The summed E-state index contributed by atoms with van der Waals surface area (Å²) in [5.41, 5.74) is 3.52. The number of benzene rings is 1. The van der Waals surface area contributed by atoms with Gasteiger partial charge in [0.25, 0.3) is 0 Å². The summed E-state index contributed by atoms with van der Waals surface area (Å²) >= 11 is 0. The standard InChI is InChI=1S/C17H18N4O2/c1-4-23-17(22)13-10-19-16-14(15(13)18-3)11(2)20-21(16)12-8-6-5-7-9-12/h5-10H,4H2,1-3H3,(H,18,19). The Balaban J connectivity index is 2.25. The average Bonchev–Trinajstić information content (AvgIpc) is 2.92. The molecule has 0 spiro atoms. The van der Waals surface area contributed by atoms with Gasteiger partial charge in [0.15, 0.2) is 5.65 Å². The van der Waals surface area contributed by atoms with Crippen molar-refractivity contribution in [2.75, 3.05) is 19.0 Å². The highest BCUT2D eigenvalue weighted by atomic mass is 16.5. The van der Waals surface area contributed by atoms with Crippen molar-refractivity contribution >= 4 is 22.7 Å². The zero-order valence-corrected chi connectivity index (χ0v) is 13.3. The minimum absolute atomic E-state index is 0.322. The van der Waals surface area contributed by atoms with Crippen molar-refractivity contribution in [3.05, 3.63) is 47.8 Å². The van der Waals surface area contributed by atoms with Crippen LogP contribution in [0.15, 0.2) is 36.5 Å². The minimum Gasteiger partial charge on any atom is -0.462 e. The molecule has 0 atom stereocenters. The van der Waals surface area contributed by atoms with E-state index in [0.717, 1.165) is 16.8 Å². The van der Waals surface area contributed by atoms with Crippen LogP contribution in [0.5, 0.6) is 0 Å². The first-order chi connectivity index (χ1) is 11.2. The summed E-state index contributed by atoms with van der Waals surface area (Å²) in [6, 6.07) is 9.78. The molecule has 6 nitrogen and oxygen atoms in total. The molecule has 0 radical (unpaired) electrons. The monoisotopic (exact) mass is 310 g/mol. The van der Waals surface area contributed by atoms with Crippen LogP contribution in [0.25, 0.3) is 16.7 Å². The fraction of sp³-hybridized carbons (Fsp3) is 0.235. The molecule has 3 rings (SSSR count). The Labute approximate surface area is 134 Å². The molecule has 118 valence electrons. The van der Waals surface area contributed by atoms with Gasteiger partial charge in [-0.25, -0.2) is 14.5 Å². The maximum atomic E-state index is 12.1. The van der Waals surface area contributed by atoms with Gasteiger partial charge in [-0.15, -0.1) is 0 Å². The summed E-state index contributed by atoms with van der Waals surface area (Å²) in [5, 5.41) is 8.49. The number of aromatic nitrogens is 3. The van der Waals surface area contributed by atoms with Crippen LogP contribution in [0.4, 0.5) is 5.69 Å². The lowest BCUT2D eigenvalue weighted by atomic mass is 10.1. The Hall–Kier alpha value is -2.89.